The highest BCUT2D eigenvalue weighted by Gasteiger charge is 2.30. The van der Waals surface area contributed by atoms with Crippen molar-refractivity contribution < 1.29 is 9.59 Å². The molecule has 0 unspecified atom stereocenters. The Morgan fingerprint density at radius 1 is 1.00 bits per heavy atom. The molecule has 2 amide bonds. The Balaban J connectivity index is 1.66. The first-order chi connectivity index (χ1) is 15.6. The fourth-order valence-electron chi connectivity index (χ4n) is 4.27. The second-order valence-electron chi connectivity index (χ2n) is 8.75. The van der Waals surface area contributed by atoms with Crippen molar-refractivity contribution in [2.75, 3.05) is 5.75 Å². The molecule has 0 heterocycles. The predicted molar refractivity (Wildman–Crippen MR) is 133 cm³/mol. The van der Waals surface area contributed by atoms with E-state index < -0.39 is 6.04 Å². The number of nitrogens with one attached hydrogen (secondary N) is 1. The molecule has 0 aromatic heterocycles. The van der Waals surface area contributed by atoms with Crippen molar-refractivity contribution in [3.63, 3.8) is 0 Å². The van der Waals surface area contributed by atoms with Crippen LogP contribution in [-0.2, 0) is 21.9 Å². The van der Waals surface area contributed by atoms with Crippen LogP contribution in [0.3, 0.4) is 0 Å². The van der Waals surface area contributed by atoms with Gasteiger partial charge in [-0.05, 0) is 37.3 Å². The summed E-state index contributed by atoms with van der Waals surface area (Å²) in [5.41, 5.74) is 3.50. The van der Waals surface area contributed by atoms with Crippen LogP contribution >= 0.6 is 11.8 Å². The molecule has 0 saturated heterocycles. The van der Waals surface area contributed by atoms with Gasteiger partial charge in [0.2, 0.25) is 11.8 Å². The van der Waals surface area contributed by atoms with Gasteiger partial charge in [-0.3, -0.25) is 9.59 Å². The number of amides is 2. The lowest BCUT2D eigenvalue weighted by Crippen LogP contribution is -2.52. The van der Waals surface area contributed by atoms with Gasteiger partial charge >= 0.3 is 0 Å². The van der Waals surface area contributed by atoms with Crippen LogP contribution in [0.5, 0.6) is 0 Å². The summed E-state index contributed by atoms with van der Waals surface area (Å²) < 4.78 is 0. The lowest BCUT2D eigenvalue weighted by molar-refractivity contribution is -0.139. The molecule has 1 fully saturated rings. The first-order valence-electron chi connectivity index (χ1n) is 11.8. The maximum atomic E-state index is 13.3. The van der Waals surface area contributed by atoms with Gasteiger partial charge in [0.15, 0.2) is 0 Å². The Hall–Kier alpha value is -2.27. The van der Waals surface area contributed by atoms with Gasteiger partial charge < -0.3 is 10.2 Å². The first-order valence-corrected chi connectivity index (χ1v) is 13.0. The fraction of sp³-hybridized carbons (Fsp3) is 0.481. The molecule has 2 aromatic rings. The average molecular weight is 453 g/mol. The van der Waals surface area contributed by atoms with Crippen LogP contribution < -0.4 is 5.32 Å². The Bertz CT molecular complexity index is 848. The molecule has 1 saturated carbocycles. The summed E-state index contributed by atoms with van der Waals surface area (Å²) in [6.07, 6.45) is 6.29. The normalized spacial score (nSPS) is 15.2. The zero-order valence-electron chi connectivity index (χ0n) is 19.4. The Morgan fingerprint density at radius 2 is 1.69 bits per heavy atom. The molecular formula is C27H36N2O2S. The van der Waals surface area contributed by atoms with Crippen LogP contribution in [-0.4, -0.2) is 34.6 Å². The molecule has 1 N–H and O–H groups in total. The largest absolute Gasteiger partial charge is 0.352 e. The minimum absolute atomic E-state index is 0.00721. The second-order valence-corrected chi connectivity index (χ2v) is 9.74. The highest BCUT2D eigenvalue weighted by molar-refractivity contribution is 7.99. The van der Waals surface area contributed by atoms with E-state index in [9.17, 15) is 9.59 Å². The van der Waals surface area contributed by atoms with E-state index in [0.29, 0.717) is 18.7 Å². The molecular weight excluding hydrogens is 416 g/mol. The van der Waals surface area contributed by atoms with E-state index in [0.717, 1.165) is 24.2 Å². The number of carbonyl (C=O) groups excluding carboxylic acids is 2. The van der Waals surface area contributed by atoms with Gasteiger partial charge in [0, 0.05) is 18.3 Å². The zero-order valence-corrected chi connectivity index (χ0v) is 20.2. The summed E-state index contributed by atoms with van der Waals surface area (Å²) in [5.74, 6) is 1.17. The van der Waals surface area contributed by atoms with Crippen molar-refractivity contribution in [1.82, 2.24) is 10.2 Å². The topological polar surface area (TPSA) is 49.4 Å². The van der Waals surface area contributed by atoms with Crippen LogP contribution in [0.15, 0.2) is 54.6 Å². The molecule has 1 aliphatic rings. The Kier molecular flexibility index (Phi) is 9.66. The lowest BCUT2D eigenvalue weighted by Gasteiger charge is -2.32. The number of benzene rings is 2. The summed E-state index contributed by atoms with van der Waals surface area (Å²) in [4.78, 5) is 28.3. The van der Waals surface area contributed by atoms with E-state index in [1.165, 1.54) is 30.4 Å². The van der Waals surface area contributed by atoms with E-state index in [1.54, 1.807) is 16.7 Å². The van der Waals surface area contributed by atoms with E-state index in [1.807, 2.05) is 37.3 Å². The molecule has 2 aromatic carbocycles. The van der Waals surface area contributed by atoms with Gasteiger partial charge in [0.1, 0.15) is 6.04 Å². The Morgan fingerprint density at radius 3 is 2.34 bits per heavy atom. The van der Waals surface area contributed by atoms with Crippen LogP contribution in [0.4, 0.5) is 0 Å². The summed E-state index contributed by atoms with van der Waals surface area (Å²) in [5, 5.41) is 3.24. The minimum Gasteiger partial charge on any atom is -0.352 e. The summed E-state index contributed by atoms with van der Waals surface area (Å²) in [6.45, 7) is 4.53. The van der Waals surface area contributed by atoms with Crippen molar-refractivity contribution in [1.29, 1.82) is 0 Å². The van der Waals surface area contributed by atoms with E-state index in [-0.39, 0.29) is 17.9 Å². The summed E-state index contributed by atoms with van der Waals surface area (Å²) in [6, 6.07) is 18.2. The van der Waals surface area contributed by atoms with Gasteiger partial charge in [0.05, 0.1) is 5.75 Å². The third kappa shape index (κ3) is 7.40. The highest BCUT2D eigenvalue weighted by atomic mass is 32.2. The van der Waals surface area contributed by atoms with Gasteiger partial charge in [-0.15, -0.1) is 11.8 Å². The molecule has 0 aliphatic heterocycles. The SMILES string of the molecule is CC[C@@H](C(=O)NC1CCCCC1)N(Cc1ccccc1)C(=O)CSCc1ccc(C)cc1. The first kappa shape index (κ1) is 24.4. The summed E-state index contributed by atoms with van der Waals surface area (Å²) >= 11 is 1.61. The second kappa shape index (κ2) is 12.7. The van der Waals surface area contributed by atoms with Crippen LogP contribution in [0.2, 0.25) is 0 Å². The number of thioether (sulfide) groups is 1. The number of rotatable bonds is 10. The molecule has 1 aliphatic carbocycles. The van der Waals surface area contributed by atoms with Crippen LogP contribution in [0.1, 0.15) is 62.1 Å². The highest BCUT2D eigenvalue weighted by Crippen LogP contribution is 2.20. The third-order valence-corrected chi connectivity index (χ3v) is 7.14. The maximum absolute atomic E-state index is 13.3. The van der Waals surface area contributed by atoms with Gasteiger partial charge in [-0.2, -0.15) is 0 Å². The predicted octanol–water partition coefficient (Wildman–Crippen LogP) is 5.48. The van der Waals surface area contributed by atoms with Gasteiger partial charge in [-0.25, -0.2) is 0 Å². The van der Waals surface area contributed by atoms with Gasteiger partial charge in [-0.1, -0.05) is 86.3 Å². The quantitative estimate of drug-likeness (QED) is 0.519. The monoisotopic (exact) mass is 452 g/mol. The molecule has 4 nitrogen and oxygen atoms in total. The van der Waals surface area contributed by atoms with Crippen molar-refractivity contribution >= 4 is 23.6 Å². The molecule has 3 rings (SSSR count). The molecule has 0 bridgehead atoms. The number of aryl methyl sites for hydroxylation is 1. The van der Waals surface area contributed by atoms with Crippen molar-refractivity contribution in [3.8, 4) is 0 Å². The molecule has 1 atom stereocenters. The maximum Gasteiger partial charge on any atom is 0.243 e. The summed E-state index contributed by atoms with van der Waals surface area (Å²) in [7, 11) is 0. The fourth-order valence-corrected chi connectivity index (χ4v) is 5.14. The van der Waals surface area contributed by atoms with Crippen LogP contribution in [0.25, 0.3) is 0 Å². The molecule has 0 spiro atoms. The Labute approximate surface area is 197 Å². The van der Waals surface area contributed by atoms with Crippen molar-refractivity contribution in [3.05, 3.63) is 71.3 Å². The molecule has 0 radical (unpaired) electrons. The number of carbonyl (C=O) groups is 2. The molecule has 32 heavy (non-hydrogen) atoms. The molecule has 172 valence electrons. The van der Waals surface area contributed by atoms with Crippen molar-refractivity contribution in [2.45, 2.75) is 76.8 Å². The van der Waals surface area contributed by atoms with E-state index >= 15 is 0 Å². The van der Waals surface area contributed by atoms with Gasteiger partial charge in [0.25, 0.3) is 0 Å². The number of hydrogen-bond donors (Lipinski definition) is 1. The smallest absolute Gasteiger partial charge is 0.243 e. The minimum atomic E-state index is -0.440. The standard InChI is InChI=1S/C27H36N2O2S/c1-3-25(27(31)28-24-12-8-5-9-13-24)29(18-22-10-6-4-7-11-22)26(30)20-32-19-23-16-14-21(2)15-17-23/h4,6-7,10-11,14-17,24-25H,3,5,8-9,12-13,18-20H2,1-2H3,(H,28,31)/t25-/m0/s1. The average Bonchev–Trinajstić information content (AvgIpc) is 2.81. The zero-order chi connectivity index (χ0) is 22.8. The van der Waals surface area contributed by atoms with E-state index in [2.05, 4.69) is 36.5 Å². The lowest BCUT2D eigenvalue weighted by atomic mass is 9.95. The van der Waals surface area contributed by atoms with Crippen LogP contribution in [0, 0.1) is 6.92 Å². The van der Waals surface area contributed by atoms with Crippen molar-refractivity contribution in [2.24, 2.45) is 0 Å². The van der Waals surface area contributed by atoms with E-state index in [4.69, 9.17) is 0 Å². The molecule has 5 heteroatoms. The third-order valence-electron chi connectivity index (χ3n) is 6.15. The number of hydrogen-bond acceptors (Lipinski definition) is 3. The number of nitrogens with zero attached hydrogens (tertiary/aromatic N) is 1.